The van der Waals surface area contributed by atoms with Crippen molar-refractivity contribution in [3.05, 3.63) is 39.9 Å². The standard InChI is InChI=1S/C14H11ClN4O/c15-11-3-4-12-13(6-11)18-9-19(14(12)20)8-10(7-17)2-1-5-16/h3-4,6,9-10H,1-2,8H2/t10-/m0/s1. The van der Waals surface area contributed by atoms with E-state index in [-0.39, 0.29) is 18.0 Å². The van der Waals surface area contributed by atoms with Crippen LogP contribution in [0.15, 0.2) is 29.3 Å². The molecule has 20 heavy (non-hydrogen) atoms. The van der Waals surface area contributed by atoms with Crippen molar-refractivity contribution in [2.75, 3.05) is 0 Å². The fourth-order valence-corrected chi connectivity index (χ4v) is 2.10. The van der Waals surface area contributed by atoms with Crippen molar-refractivity contribution < 1.29 is 0 Å². The Labute approximate surface area is 120 Å². The summed E-state index contributed by atoms with van der Waals surface area (Å²) in [5.74, 6) is -0.376. The Morgan fingerprint density at radius 1 is 1.40 bits per heavy atom. The van der Waals surface area contributed by atoms with E-state index >= 15 is 0 Å². The molecule has 0 N–H and O–H groups in total. The zero-order valence-corrected chi connectivity index (χ0v) is 11.3. The molecule has 0 saturated carbocycles. The number of nitrogens with zero attached hydrogens (tertiary/aromatic N) is 4. The maximum atomic E-state index is 12.3. The van der Waals surface area contributed by atoms with Gasteiger partial charge in [-0.05, 0) is 24.6 Å². The third kappa shape index (κ3) is 2.96. The van der Waals surface area contributed by atoms with Gasteiger partial charge in [0.05, 0.1) is 35.3 Å². The quantitative estimate of drug-likeness (QED) is 0.864. The SMILES string of the molecule is N#CCC[C@@H](C#N)Cn1cnc2cc(Cl)ccc2c1=O. The molecule has 1 heterocycles. The van der Waals surface area contributed by atoms with Gasteiger partial charge in [-0.2, -0.15) is 10.5 Å². The predicted molar refractivity (Wildman–Crippen MR) is 75.0 cm³/mol. The van der Waals surface area contributed by atoms with E-state index in [0.29, 0.717) is 28.8 Å². The molecule has 0 aliphatic heterocycles. The van der Waals surface area contributed by atoms with Crippen LogP contribution in [0.25, 0.3) is 10.9 Å². The summed E-state index contributed by atoms with van der Waals surface area (Å²) in [7, 11) is 0. The summed E-state index contributed by atoms with van der Waals surface area (Å²) >= 11 is 5.85. The first-order valence-corrected chi connectivity index (χ1v) is 6.44. The number of nitriles is 2. The van der Waals surface area contributed by atoms with Crippen molar-refractivity contribution in [1.82, 2.24) is 9.55 Å². The molecule has 0 aliphatic carbocycles. The van der Waals surface area contributed by atoms with E-state index in [2.05, 4.69) is 11.1 Å². The van der Waals surface area contributed by atoms with Crippen molar-refractivity contribution in [3.8, 4) is 12.1 Å². The minimum Gasteiger partial charge on any atom is -0.297 e. The average Bonchev–Trinajstić information content (AvgIpc) is 2.45. The minimum atomic E-state index is -0.376. The van der Waals surface area contributed by atoms with Gasteiger partial charge in [-0.3, -0.25) is 9.36 Å². The Morgan fingerprint density at radius 3 is 2.90 bits per heavy atom. The Hall–Kier alpha value is -2.37. The lowest BCUT2D eigenvalue weighted by atomic mass is 10.1. The Bertz CT molecular complexity index is 769. The summed E-state index contributed by atoms with van der Waals surface area (Å²) < 4.78 is 1.40. The summed E-state index contributed by atoms with van der Waals surface area (Å²) in [6, 6.07) is 8.99. The van der Waals surface area contributed by atoms with Crippen molar-refractivity contribution in [2.45, 2.75) is 19.4 Å². The maximum Gasteiger partial charge on any atom is 0.261 e. The van der Waals surface area contributed by atoms with E-state index in [9.17, 15) is 4.79 Å². The smallest absolute Gasteiger partial charge is 0.261 e. The molecule has 0 aliphatic rings. The summed E-state index contributed by atoms with van der Waals surface area (Å²) in [4.78, 5) is 16.4. The fraction of sp³-hybridized carbons (Fsp3) is 0.286. The normalized spacial score (nSPS) is 11.8. The lowest BCUT2D eigenvalue weighted by molar-refractivity contribution is 0.498. The highest BCUT2D eigenvalue weighted by Crippen LogP contribution is 2.15. The fourth-order valence-electron chi connectivity index (χ4n) is 1.93. The van der Waals surface area contributed by atoms with Crippen LogP contribution >= 0.6 is 11.6 Å². The van der Waals surface area contributed by atoms with Gasteiger partial charge in [0.25, 0.3) is 5.56 Å². The van der Waals surface area contributed by atoms with E-state index < -0.39 is 0 Å². The van der Waals surface area contributed by atoms with Gasteiger partial charge in [-0.25, -0.2) is 4.98 Å². The zero-order chi connectivity index (χ0) is 14.5. The highest BCUT2D eigenvalue weighted by molar-refractivity contribution is 6.31. The van der Waals surface area contributed by atoms with Crippen LogP contribution in [-0.4, -0.2) is 9.55 Å². The first-order chi connectivity index (χ1) is 9.65. The van der Waals surface area contributed by atoms with Crippen molar-refractivity contribution >= 4 is 22.5 Å². The highest BCUT2D eigenvalue weighted by atomic mass is 35.5. The Balaban J connectivity index is 2.34. The molecular formula is C14H11ClN4O. The number of hydrogen-bond donors (Lipinski definition) is 0. The maximum absolute atomic E-state index is 12.3. The van der Waals surface area contributed by atoms with E-state index in [4.69, 9.17) is 22.1 Å². The molecule has 2 rings (SSSR count). The summed E-state index contributed by atoms with van der Waals surface area (Å²) in [6.07, 6.45) is 2.15. The number of hydrogen-bond acceptors (Lipinski definition) is 4. The van der Waals surface area contributed by atoms with Gasteiger partial charge >= 0.3 is 0 Å². The number of aromatic nitrogens is 2. The number of rotatable bonds is 4. The lowest BCUT2D eigenvalue weighted by Gasteiger charge is -2.10. The Morgan fingerprint density at radius 2 is 2.20 bits per heavy atom. The van der Waals surface area contributed by atoms with Gasteiger partial charge < -0.3 is 0 Å². The molecule has 0 spiro atoms. The topological polar surface area (TPSA) is 82.5 Å². The second-order valence-electron chi connectivity index (χ2n) is 4.39. The second kappa shape index (κ2) is 6.18. The molecular weight excluding hydrogens is 276 g/mol. The molecule has 6 heteroatoms. The predicted octanol–water partition coefficient (Wildman–Crippen LogP) is 2.49. The molecule has 5 nitrogen and oxygen atoms in total. The second-order valence-corrected chi connectivity index (χ2v) is 4.82. The number of fused-ring (bicyclic) bond motifs is 1. The van der Waals surface area contributed by atoms with Gasteiger partial charge in [-0.15, -0.1) is 0 Å². The molecule has 2 aromatic rings. The third-order valence-corrected chi connectivity index (χ3v) is 3.23. The van der Waals surface area contributed by atoms with E-state index in [1.807, 2.05) is 6.07 Å². The molecule has 0 bridgehead atoms. The van der Waals surface area contributed by atoms with Gasteiger partial charge in [-0.1, -0.05) is 11.6 Å². The summed E-state index contributed by atoms with van der Waals surface area (Å²) in [5, 5.41) is 18.6. The van der Waals surface area contributed by atoms with E-state index in [1.54, 1.807) is 18.2 Å². The van der Waals surface area contributed by atoms with Crippen LogP contribution in [0.4, 0.5) is 0 Å². The molecule has 0 saturated heterocycles. The van der Waals surface area contributed by atoms with Crippen LogP contribution in [-0.2, 0) is 6.54 Å². The molecule has 1 aromatic heterocycles. The average molecular weight is 287 g/mol. The summed E-state index contributed by atoms with van der Waals surface area (Å²) in [5.41, 5.74) is 0.327. The molecule has 1 aromatic carbocycles. The van der Waals surface area contributed by atoms with Crippen molar-refractivity contribution in [2.24, 2.45) is 5.92 Å². The number of benzene rings is 1. The zero-order valence-electron chi connectivity index (χ0n) is 10.6. The van der Waals surface area contributed by atoms with Crippen LogP contribution in [0.2, 0.25) is 5.02 Å². The summed E-state index contributed by atoms with van der Waals surface area (Å²) in [6.45, 7) is 0.239. The van der Waals surface area contributed by atoms with Crippen LogP contribution in [0, 0.1) is 28.6 Å². The van der Waals surface area contributed by atoms with Crippen LogP contribution in [0.1, 0.15) is 12.8 Å². The minimum absolute atomic E-state index is 0.205. The highest BCUT2D eigenvalue weighted by Gasteiger charge is 2.11. The number of halogens is 1. The molecule has 0 radical (unpaired) electrons. The van der Waals surface area contributed by atoms with Crippen LogP contribution in [0.3, 0.4) is 0 Å². The molecule has 1 atom stereocenters. The van der Waals surface area contributed by atoms with Gasteiger partial charge in [0.2, 0.25) is 0 Å². The van der Waals surface area contributed by atoms with Crippen molar-refractivity contribution in [3.63, 3.8) is 0 Å². The van der Waals surface area contributed by atoms with Crippen LogP contribution < -0.4 is 5.56 Å². The van der Waals surface area contributed by atoms with Gasteiger partial charge in [0, 0.05) is 18.0 Å². The molecule has 0 amide bonds. The van der Waals surface area contributed by atoms with E-state index in [0.717, 1.165) is 0 Å². The lowest BCUT2D eigenvalue weighted by Crippen LogP contribution is -2.24. The monoisotopic (exact) mass is 286 g/mol. The first kappa shape index (κ1) is 14.0. The van der Waals surface area contributed by atoms with Crippen LogP contribution in [0.5, 0.6) is 0 Å². The van der Waals surface area contributed by atoms with Gasteiger partial charge in [0.15, 0.2) is 0 Å². The Kier molecular flexibility index (Phi) is 4.34. The third-order valence-electron chi connectivity index (χ3n) is 2.99. The largest absolute Gasteiger partial charge is 0.297 e. The molecule has 0 fully saturated rings. The van der Waals surface area contributed by atoms with Gasteiger partial charge in [0.1, 0.15) is 0 Å². The molecule has 0 unspecified atom stereocenters. The first-order valence-electron chi connectivity index (χ1n) is 6.07. The molecule has 100 valence electrons. The van der Waals surface area contributed by atoms with E-state index in [1.165, 1.54) is 10.9 Å². The van der Waals surface area contributed by atoms with Crippen molar-refractivity contribution in [1.29, 1.82) is 10.5 Å².